The van der Waals surface area contributed by atoms with E-state index in [4.69, 9.17) is 0 Å². The van der Waals surface area contributed by atoms with Gasteiger partial charge in [-0.05, 0) is 31.2 Å². The minimum absolute atomic E-state index is 0.110. The highest BCUT2D eigenvalue weighted by atomic mass is 32.1. The molecule has 2 aliphatic rings. The van der Waals surface area contributed by atoms with E-state index in [1.165, 1.54) is 35.7 Å². The first kappa shape index (κ1) is 14.0. The lowest BCUT2D eigenvalue weighted by Gasteiger charge is -2.32. The molecule has 0 unspecified atom stereocenters. The van der Waals surface area contributed by atoms with Gasteiger partial charge in [0.15, 0.2) is 6.04 Å². The lowest BCUT2D eigenvalue weighted by Crippen LogP contribution is -3.29. The third kappa shape index (κ3) is 3.59. The van der Waals surface area contributed by atoms with Crippen LogP contribution in [0.5, 0.6) is 0 Å². The number of nitrogens with one attached hydrogen (secondary N) is 3. The standard InChI is InChI=1S/C15H23N3OS/c1-12(15(19)16-13-4-5-13)18-8-6-17(7-9-18)11-14-3-2-10-20-14/h2-3,10,12-13H,4-9,11H2,1H3,(H,16,19)/p+2/t12-/m1/s1. The first-order chi connectivity index (χ1) is 9.72. The fourth-order valence-corrected chi connectivity index (χ4v) is 3.71. The molecule has 2 heterocycles. The normalized spacial score (nSPS) is 28.1. The molecule has 110 valence electrons. The first-order valence-corrected chi connectivity index (χ1v) is 8.61. The molecule has 1 saturated carbocycles. The Morgan fingerprint density at radius 3 is 2.75 bits per heavy atom. The average Bonchev–Trinajstić information content (AvgIpc) is 3.12. The summed E-state index contributed by atoms with van der Waals surface area (Å²) in [6.07, 6.45) is 2.35. The second-order valence-corrected chi connectivity index (χ2v) is 7.20. The van der Waals surface area contributed by atoms with Gasteiger partial charge in [-0.25, -0.2) is 0 Å². The van der Waals surface area contributed by atoms with Crippen molar-refractivity contribution in [3.05, 3.63) is 22.4 Å². The quantitative estimate of drug-likeness (QED) is 0.621. The van der Waals surface area contributed by atoms with E-state index in [1.54, 1.807) is 4.90 Å². The van der Waals surface area contributed by atoms with Gasteiger partial charge in [0.25, 0.3) is 5.91 Å². The van der Waals surface area contributed by atoms with Gasteiger partial charge in [0.2, 0.25) is 0 Å². The predicted octanol–water partition coefficient (Wildman–Crippen LogP) is -1.30. The van der Waals surface area contributed by atoms with Gasteiger partial charge >= 0.3 is 0 Å². The highest BCUT2D eigenvalue weighted by Crippen LogP contribution is 2.18. The molecule has 5 heteroatoms. The number of piperazine rings is 1. The summed E-state index contributed by atoms with van der Waals surface area (Å²) in [4.78, 5) is 16.7. The van der Waals surface area contributed by atoms with Gasteiger partial charge in [0.1, 0.15) is 32.7 Å². The zero-order chi connectivity index (χ0) is 13.9. The maximum Gasteiger partial charge on any atom is 0.278 e. The Balaban J connectivity index is 1.44. The summed E-state index contributed by atoms with van der Waals surface area (Å²) in [5, 5.41) is 5.29. The van der Waals surface area contributed by atoms with Crippen LogP contribution in [0, 0.1) is 0 Å². The van der Waals surface area contributed by atoms with Crippen molar-refractivity contribution in [1.82, 2.24) is 5.32 Å². The minimum Gasteiger partial charge on any atom is -0.348 e. The van der Waals surface area contributed by atoms with Crippen molar-refractivity contribution in [2.45, 2.75) is 38.4 Å². The smallest absolute Gasteiger partial charge is 0.278 e. The molecule has 2 fully saturated rings. The molecule has 0 spiro atoms. The monoisotopic (exact) mass is 295 g/mol. The molecular formula is C15H25N3OS+2. The van der Waals surface area contributed by atoms with Crippen molar-refractivity contribution in [3.63, 3.8) is 0 Å². The summed E-state index contributed by atoms with van der Waals surface area (Å²) in [5.41, 5.74) is 0. The van der Waals surface area contributed by atoms with Gasteiger partial charge in [-0.2, -0.15) is 0 Å². The summed E-state index contributed by atoms with van der Waals surface area (Å²) in [6, 6.07) is 4.95. The molecule has 0 aromatic carbocycles. The second kappa shape index (κ2) is 6.24. The van der Waals surface area contributed by atoms with E-state index in [0.717, 1.165) is 19.6 Å². The highest BCUT2D eigenvalue weighted by Gasteiger charge is 2.33. The Labute approximate surface area is 124 Å². The number of rotatable bonds is 5. The van der Waals surface area contributed by atoms with Crippen molar-refractivity contribution >= 4 is 17.2 Å². The number of amides is 1. The van der Waals surface area contributed by atoms with Crippen LogP contribution in [0.15, 0.2) is 17.5 Å². The minimum atomic E-state index is 0.110. The van der Waals surface area contributed by atoms with Crippen molar-refractivity contribution in [1.29, 1.82) is 0 Å². The third-order valence-electron chi connectivity index (χ3n) is 4.53. The Morgan fingerprint density at radius 1 is 1.40 bits per heavy atom. The number of quaternary nitrogens is 2. The molecule has 3 rings (SSSR count). The van der Waals surface area contributed by atoms with Gasteiger partial charge in [-0.1, -0.05) is 6.07 Å². The maximum absolute atomic E-state index is 12.1. The van der Waals surface area contributed by atoms with E-state index >= 15 is 0 Å². The van der Waals surface area contributed by atoms with Gasteiger partial charge in [0.05, 0.1) is 4.88 Å². The molecule has 1 aliphatic carbocycles. The van der Waals surface area contributed by atoms with E-state index in [9.17, 15) is 4.79 Å². The summed E-state index contributed by atoms with van der Waals surface area (Å²) in [5.74, 6) is 0.254. The molecule has 1 amide bonds. The number of hydrogen-bond acceptors (Lipinski definition) is 2. The summed E-state index contributed by atoms with van der Waals surface area (Å²) in [6.45, 7) is 7.80. The number of carbonyl (C=O) groups is 1. The van der Waals surface area contributed by atoms with Crippen LogP contribution in [0.4, 0.5) is 0 Å². The number of hydrogen-bond donors (Lipinski definition) is 3. The zero-order valence-corrected chi connectivity index (χ0v) is 13.0. The second-order valence-electron chi connectivity index (χ2n) is 6.17. The first-order valence-electron chi connectivity index (χ1n) is 7.73. The molecule has 1 atom stereocenters. The summed E-state index contributed by atoms with van der Waals surface area (Å²) >= 11 is 1.85. The molecule has 0 radical (unpaired) electrons. The van der Waals surface area contributed by atoms with Crippen molar-refractivity contribution < 1.29 is 14.6 Å². The lowest BCUT2D eigenvalue weighted by atomic mass is 10.2. The Kier molecular flexibility index (Phi) is 4.38. The Morgan fingerprint density at radius 2 is 2.15 bits per heavy atom. The van der Waals surface area contributed by atoms with Crippen LogP contribution in [0.2, 0.25) is 0 Å². The molecular weight excluding hydrogens is 270 g/mol. The van der Waals surface area contributed by atoms with Gasteiger partial charge in [-0.15, -0.1) is 11.3 Å². The molecule has 1 saturated heterocycles. The third-order valence-corrected chi connectivity index (χ3v) is 5.41. The van der Waals surface area contributed by atoms with E-state index in [2.05, 4.69) is 29.8 Å². The largest absolute Gasteiger partial charge is 0.348 e. The average molecular weight is 295 g/mol. The number of carbonyl (C=O) groups excluding carboxylic acids is 1. The van der Waals surface area contributed by atoms with E-state index in [0.29, 0.717) is 6.04 Å². The summed E-state index contributed by atoms with van der Waals surface area (Å²) in [7, 11) is 0. The Hall–Kier alpha value is -0.910. The van der Waals surface area contributed by atoms with Crippen molar-refractivity contribution in [2.24, 2.45) is 0 Å². The predicted molar refractivity (Wildman–Crippen MR) is 80.0 cm³/mol. The Bertz CT molecular complexity index is 436. The van der Waals surface area contributed by atoms with Crippen LogP contribution in [0.3, 0.4) is 0 Å². The molecule has 1 aromatic heterocycles. The maximum atomic E-state index is 12.1. The fourth-order valence-electron chi connectivity index (χ4n) is 2.93. The van der Waals surface area contributed by atoms with Crippen LogP contribution in [-0.4, -0.2) is 44.2 Å². The topological polar surface area (TPSA) is 38.0 Å². The van der Waals surface area contributed by atoms with Crippen LogP contribution in [0.1, 0.15) is 24.6 Å². The zero-order valence-electron chi connectivity index (χ0n) is 12.2. The van der Waals surface area contributed by atoms with Crippen LogP contribution >= 0.6 is 11.3 Å². The highest BCUT2D eigenvalue weighted by molar-refractivity contribution is 7.09. The molecule has 0 bridgehead atoms. The fraction of sp³-hybridized carbons (Fsp3) is 0.667. The van der Waals surface area contributed by atoms with Crippen molar-refractivity contribution in [2.75, 3.05) is 26.2 Å². The van der Waals surface area contributed by atoms with Crippen LogP contribution in [-0.2, 0) is 11.3 Å². The van der Waals surface area contributed by atoms with Gasteiger partial charge in [0, 0.05) is 6.04 Å². The molecule has 1 aliphatic heterocycles. The van der Waals surface area contributed by atoms with Crippen LogP contribution in [0.25, 0.3) is 0 Å². The van der Waals surface area contributed by atoms with E-state index in [-0.39, 0.29) is 11.9 Å². The molecule has 3 N–H and O–H groups in total. The summed E-state index contributed by atoms with van der Waals surface area (Å²) < 4.78 is 0. The SMILES string of the molecule is C[C@H](C(=O)NC1CC1)[NH+]1CC[NH+](Cc2cccs2)CC1. The van der Waals surface area contributed by atoms with E-state index < -0.39 is 0 Å². The molecule has 1 aromatic rings. The number of thiophene rings is 1. The molecule has 4 nitrogen and oxygen atoms in total. The van der Waals surface area contributed by atoms with Gasteiger partial charge < -0.3 is 15.1 Å². The van der Waals surface area contributed by atoms with E-state index in [1.807, 2.05) is 11.3 Å². The molecule has 20 heavy (non-hydrogen) atoms. The van der Waals surface area contributed by atoms with Gasteiger partial charge in [-0.3, -0.25) is 4.79 Å². The van der Waals surface area contributed by atoms with Crippen molar-refractivity contribution in [3.8, 4) is 0 Å². The lowest BCUT2D eigenvalue weighted by molar-refractivity contribution is -1.02. The van der Waals surface area contributed by atoms with Crippen LogP contribution < -0.4 is 15.1 Å².